The van der Waals surface area contributed by atoms with Crippen LogP contribution in [0.4, 0.5) is 4.39 Å². The SMILES string of the molecule is CC(c1ccc(-c2cn3c4c(nc3cc2F)CCC4)cc1)S(C)(=O)=O. The van der Waals surface area contributed by atoms with Crippen molar-refractivity contribution < 1.29 is 12.8 Å². The molecule has 0 saturated carbocycles. The number of sulfone groups is 1. The molecule has 6 heteroatoms. The van der Waals surface area contributed by atoms with E-state index < -0.39 is 15.1 Å². The zero-order valence-electron chi connectivity index (χ0n) is 14.2. The second-order valence-electron chi connectivity index (χ2n) is 6.72. The van der Waals surface area contributed by atoms with E-state index in [1.165, 1.54) is 18.0 Å². The molecule has 1 unspecified atom stereocenters. The third kappa shape index (κ3) is 2.74. The van der Waals surface area contributed by atoms with Crippen molar-refractivity contribution in [3.8, 4) is 11.1 Å². The van der Waals surface area contributed by atoms with Crippen molar-refractivity contribution in [1.29, 1.82) is 0 Å². The fourth-order valence-corrected chi connectivity index (χ4v) is 4.09. The molecule has 130 valence electrons. The summed E-state index contributed by atoms with van der Waals surface area (Å²) in [5.41, 5.74) is 4.81. The molecule has 0 saturated heterocycles. The molecule has 25 heavy (non-hydrogen) atoms. The maximum atomic E-state index is 14.6. The van der Waals surface area contributed by atoms with Gasteiger partial charge in [0.2, 0.25) is 0 Å². The number of hydrogen-bond acceptors (Lipinski definition) is 3. The number of fused-ring (bicyclic) bond motifs is 3. The molecule has 0 aliphatic heterocycles. The maximum absolute atomic E-state index is 14.6. The Morgan fingerprint density at radius 1 is 1.20 bits per heavy atom. The molecule has 2 aromatic heterocycles. The molecule has 0 amide bonds. The highest BCUT2D eigenvalue weighted by molar-refractivity contribution is 7.90. The molecular formula is C19H19FN2O2S. The van der Waals surface area contributed by atoms with Crippen LogP contribution in [0.25, 0.3) is 16.8 Å². The fourth-order valence-electron chi connectivity index (χ4n) is 3.44. The summed E-state index contributed by atoms with van der Waals surface area (Å²) in [7, 11) is -3.16. The first-order valence-corrected chi connectivity index (χ1v) is 10.3. The van der Waals surface area contributed by atoms with Gasteiger partial charge in [-0.2, -0.15) is 0 Å². The molecule has 1 atom stereocenters. The molecule has 0 spiro atoms. The lowest BCUT2D eigenvalue weighted by Crippen LogP contribution is -2.07. The van der Waals surface area contributed by atoms with Gasteiger partial charge in [-0.25, -0.2) is 17.8 Å². The molecule has 0 bridgehead atoms. The van der Waals surface area contributed by atoms with E-state index >= 15 is 0 Å². The first-order valence-electron chi connectivity index (χ1n) is 8.33. The largest absolute Gasteiger partial charge is 0.303 e. The highest BCUT2D eigenvalue weighted by Crippen LogP contribution is 2.30. The van der Waals surface area contributed by atoms with E-state index in [-0.39, 0.29) is 5.82 Å². The number of nitrogens with zero attached hydrogens (tertiary/aromatic N) is 2. The van der Waals surface area contributed by atoms with Crippen LogP contribution in [0, 0.1) is 5.82 Å². The molecule has 1 aliphatic rings. The number of benzene rings is 1. The summed E-state index contributed by atoms with van der Waals surface area (Å²) in [6.45, 7) is 1.66. The van der Waals surface area contributed by atoms with E-state index in [2.05, 4.69) is 4.98 Å². The van der Waals surface area contributed by atoms with Gasteiger partial charge in [-0.05, 0) is 37.3 Å². The van der Waals surface area contributed by atoms with Crippen molar-refractivity contribution >= 4 is 15.5 Å². The van der Waals surface area contributed by atoms with Crippen molar-refractivity contribution in [3.63, 3.8) is 0 Å². The lowest BCUT2D eigenvalue weighted by molar-refractivity contribution is 0.592. The highest BCUT2D eigenvalue weighted by atomic mass is 32.2. The van der Waals surface area contributed by atoms with E-state index in [1.807, 2.05) is 4.40 Å². The summed E-state index contributed by atoms with van der Waals surface area (Å²) in [5.74, 6) is -0.319. The van der Waals surface area contributed by atoms with Gasteiger partial charge in [-0.15, -0.1) is 0 Å². The first-order chi connectivity index (χ1) is 11.8. The molecule has 4 rings (SSSR count). The second kappa shape index (κ2) is 5.66. The molecule has 3 aromatic rings. The van der Waals surface area contributed by atoms with Crippen LogP contribution in [0.2, 0.25) is 0 Å². The number of halogens is 1. The molecule has 1 aromatic carbocycles. The molecule has 0 radical (unpaired) electrons. The van der Waals surface area contributed by atoms with E-state index in [9.17, 15) is 12.8 Å². The number of pyridine rings is 1. The monoisotopic (exact) mass is 358 g/mol. The van der Waals surface area contributed by atoms with Crippen LogP contribution < -0.4 is 0 Å². The Kier molecular flexibility index (Phi) is 3.68. The minimum atomic E-state index is -3.16. The number of rotatable bonds is 3. The average Bonchev–Trinajstić information content (AvgIpc) is 3.13. The standard InChI is InChI=1S/C19H19FN2O2S/c1-12(25(2,23)24)13-6-8-14(9-7-13)15-11-22-18-5-3-4-17(18)21-19(22)10-16(15)20/h6-12H,3-5H2,1-2H3. The van der Waals surface area contributed by atoms with Gasteiger partial charge in [-0.1, -0.05) is 24.3 Å². The van der Waals surface area contributed by atoms with Gasteiger partial charge in [0.25, 0.3) is 0 Å². The fraction of sp³-hybridized carbons (Fsp3) is 0.316. The zero-order chi connectivity index (χ0) is 17.8. The predicted molar refractivity (Wildman–Crippen MR) is 95.9 cm³/mol. The highest BCUT2D eigenvalue weighted by Gasteiger charge is 2.20. The summed E-state index contributed by atoms with van der Waals surface area (Å²) >= 11 is 0. The van der Waals surface area contributed by atoms with Crippen LogP contribution in [-0.2, 0) is 22.7 Å². The van der Waals surface area contributed by atoms with Crippen molar-refractivity contribution in [3.05, 3.63) is 59.3 Å². The average molecular weight is 358 g/mol. The molecule has 0 fully saturated rings. The summed E-state index contributed by atoms with van der Waals surface area (Å²) in [6, 6.07) is 8.53. The van der Waals surface area contributed by atoms with Crippen LogP contribution in [0.1, 0.15) is 35.5 Å². The van der Waals surface area contributed by atoms with Crippen LogP contribution in [0.5, 0.6) is 0 Å². The lowest BCUT2D eigenvalue weighted by Gasteiger charge is -2.11. The lowest BCUT2D eigenvalue weighted by atomic mass is 10.0. The van der Waals surface area contributed by atoms with Gasteiger partial charge in [0.1, 0.15) is 11.5 Å². The Morgan fingerprint density at radius 3 is 2.60 bits per heavy atom. The minimum Gasteiger partial charge on any atom is -0.303 e. The first kappa shape index (κ1) is 16.3. The third-order valence-electron chi connectivity index (χ3n) is 5.05. The van der Waals surface area contributed by atoms with Crippen molar-refractivity contribution in [1.82, 2.24) is 9.38 Å². The van der Waals surface area contributed by atoms with Crippen LogP contribution in [-0.4, -0.2) is 24.1 Å². The Morgan fingerprint density at radius 2 is 1.92 bits per heavy atom. The van der Waals surface area contributed by atoms with Gasteiger partial charge in [-0.3, -0.25) is 0 Å². The maximum Gasteiger partial charge on any atom is 0.154 e. The minimum absolute atomic E-state index is 0.319. The van der Waals surface area contributed by atoms with E-state index in [0.717, 1.165) is 30.5 Å². The van der Waals surface area contributed by atoms with Gasteiger partial charge in [0, 0.05) is 29.8 Å². The van der Waals surface area contributed by atoms with Crippen LogP contribution in [0.15, 0.2) is 36.5 Å². The van der Waals surface area contributed by atoms with Gasteiger partial charge < -0.3 is 4.40 Å². The van der Waals surface area contributed by atoms with E-state index in [0.29, 0.717) is 16.8 Å². The Hall–Kier alpha value is -2.21. The molecule has 0 N–H and O–H groups in total. The molecule has 4 nitrogen and oxygen atoms in total. The number of aromatic nitrogens is 2. The number of imidazole rings is 1. The Bertz CT molecular complexity index is 1070. The normalized spacial score (nSPS) is 15.5. The summed E-state index contributed by atoms with van der Waals surface area (Å²) < 4.78 is 39.9. The van der Waals surface area contributed by atoms with Crippen molar-refractivity contribution in [2.75, 3.05) is 6.26 Å². The summed E-state index contributed by atoms with van der Waals surface area (Å²) in [5, 5.41) is -0.578. The van der Waals surface area contributed by atoms with Crippen LogP contribution >= 0.6 is 0 Å². The van der Waals surface area contributed by atoms with Gasteiger partial charge in [0.05, 0.1) is 10.9 Å². The summed E-state index contributed by atoms with van der Waals surface area (Å²) in [6.07, 6.45) is 6.03. The molecule has 2 heterocycles. The third-order valence-corrected chi connectivity index (χ3v) is 6.61. The molecule has 1 aliphatic carbocycles. The Balaban J connectivity index is 1.78. The number of aryl methyl sites for hydroxylation is 2. The number of hydrogen-bond donors (Lipinski definition) is 0. The molecular weight excluding hydrogens is 339 g/mol. The van der Waals surface area contributed by atoms with Gasteiger partial charge in [0.15, 0.2) is 9.84 Å². The van der Waals surface area contributed by atoms with Crippen molar-refractivity contribution in [2.45, 2.75) is 31.4 Å². The van der Waals surface area contributed by atoms with Crippen LogP contribution in [0.3, 0.4) is 0 Å². The van der Waals surface area contributed by atoms with E-state index in [1.54, 1.807) is 37.4 Å². The van der Waals surface area contributed by atoms with Crippen molar-refractivity contribution in [2.24, 2.45) is 0 Å². The zero-order valence-corrected chi connectivity index (χ0v) is 15.0. The topological polar surface area (TPSA) is 51.4 Å². The summed E-state index contributed by atoms with van der Waals surface area (Å²) in [4.78, 5) is 4.51. The smallest absolute Gasteiger partial charge is 0.154 e. The van der Waals surface area contributed by atoms with Gasteiger partial charge >= 0.3 is 0 Å². The second-order valence-corrected chi connectivity index (χ2v) is 9.08. The predicted octanol–water partition coefficient (Wildman–Crippen LogP) is 3.73. The quantitative estimate of drug-likeness (QED) is 0.717. The van der Waals surface area contributed by atoms with E-state index in [4.69, 9.17) is 0 Å². The Labute approximate surface area is 146 Å².